The number of esters is 3. The lowest BCUT2D eigenvalue weighted by Gasteiger charge is -2.18. The summed E-state index contributed by atoms with van der Waals surface area (Å²) in [5, 5.41) is 0. The maximum Gasteiger partial charge on any atom is 0.306 e. The Balaban J connectivity index is 4.58. The van der Waals surface area contributed by atoms with Gasteiger partial charge in [0.25, 0.3) is 0 Å². The SMILES string of the molecule is CC/C=C/C=C/C=C/CCCCCCCCCC(=O)OC(COC(=O)CC/C=C/C/C=C/C/C=C/C/C=C/C/C=C/CC)COC(=O)CCCCCCC/C=C/C=C/C=C/CC. The first-order valence-corrected chi connectivity index (χ1v) is 24.3. The molecule has 346 valence electrons. The van der Waals surface area contributed by atoms with Crippen molar-refractivity contribution in [2.45, 2.75) is 187 Å². The summed E-state index contributed by atoms with van der Waals surface area (Å²) in [5.74, 6) is -1.05. The van der Waals surface area contributed by atoms with Gasteiger partial charge in [0.15, 0.2) is 6.10 Å². The van der Waals surface area contributed by atoms with Crippen LogP contribution in [0.2, 0.25) is 0 Å². The lowest BCUT2D eigenvalue weighted by molar-refractivity contribution is -0.166. The highest BCUT2D eigenvalue weighted by Gasteiger charge is 2.19. The molecule has 0 aliphatic rings. The van der Waals surface area contributed by atoms with E-state index in [-0.39, 0.29) is 44.0 Å². The molecule has 0 rings (SSSR count). The lowest BCUT2D eigenvalue weighted by atomic mass is 10.1. The van der Waals surface area contributed by atoms with Crippen molar-refractivity contribution in [1.29, 1.82) is 0 Å². The van der Waals surface area contributed by atoms with E-state index >= 15 is 0 Å². The van der Waals surface area contributed by atoms with Gasteiger partial charge in [0.1, 0.15) is 13.2 Å². The van der Waals surface area contributed by atoms with Crippen molar-refractivity contribution in [3.8, 4) is 0 Å². The predicted octanol–water partition coefficient (Wildman–Crippen LogP) is 15.9. The van der Waals surface area contributed by atoms with E-state index in [0.29, 0.717) is 12.8 Å². The number of rotatable bonds is 41. The molecule has 0 aliphatic carbocycles. The summed E-state index contributed by atoms with van der Waals surface area (Å²) in [6.45, 7) is 6.14. The summed E-state index contributed by atoms with van der Waals surface area (Å²) >= 11 is 0. The van der Waals surface area contributed by atoms with Gasteiger partial charge >= 0.3 is 17.9 Å². The molecular weight excluding hydrogens is 769 g/mol. The minimum atomic E-state index is -0.827. The van der Waals surface area contributed by atoms with Gasteiger partial charge in [-0.1, -0.05) is 206 Å². The molecule has 0 bridgehead atoms. The maximum atomic E-state index is 12.8. The summed E-state index contributed by atoms with van der Waals surface area (Å²) in [5.41, 5.74) is 0. The number of ether oxygens (including phenoxy) is 3. The molecule has 62 heavy (non-hydrogen) atoms. The van der Waals surface area contributed by atoms with Gasteiger partial charge < -0.3 is 14.2 Å². The quantitative estimate of drug-likeness (QED) is 0.0200. The fraction of sp³-hybridized carbons (Fsp3) is 0.554. The highest BCUT2D eigenvalue weighted by molar-refractivity contribution is 5.71. The molecular formula is C56H86O6. The molecule has 0 aromatic heterocycles. The Hall–Kier alpha value is -4.45. The van der Waals surface area contributed by atoms with Crippen LogP contribution in [-0.2, 0) is 28.6 Å². The van der Waals surface area contributed by atoms with Crippen molar-refractivity contribution >= 4 is 17.9 Å². The Morgan fingerprint density at radius 1 is 0.339 bits per heavy atom. The molecule has 0 aromatic carbocycles. The van der Waals surface area contributed by atoms with Crippen molar-refractivity contribution < 1.29 is 28.6 Å². The van der Waals surface area contributed by atoms with E-state index in [1.165, 1.54) is 19.3 Å². The second kappa shape index (κ2) is 49.2. The van der Waals surface area contributed by atoms with Gasteiger partial charge in [-0.05, 0) is 89.9 Å². The highest BCUT2D eigenvalue weighted by Crippen LogP contribution is 2.13. The third-order valence-corrected chi connectivity index (χ3v) is 9.52. The number of allylic oxidation sites excluding steroid dienone is 22. The Bertz CT molecular complexity index is 1400. The Morgan fingerprint density at radius 3 is 1.15 bits per heavy atom. The van der Waals surface area contributed by atoms with Crippen molar-refractivity contribution in [2.75, 3.05) is 13.2 Å². The molecule has 0 heterocycles. The molecule has 0 saturated carbocycles. The van der Waals surface area contributed by atoms with Crippen LogP contribution in [-0.4, -0.2) is 37.2 Å². The summed E-state index contributed by atoms with van der Waals surface area (Å²) < 4.78 is 16.7. The highest BCUT2D eigenvalue weighted by atomic mass is 16.6. The van der Waals surface area contributed by atoms with Crippen molar-refractivity contribution in [2.24, 2.45) is 0 Å². The Kier molecular flexibility index (Phi) is 45.7. The minimum Gasteiger partial charge on any atom is -0.462 e. The summed E-state index contributed by atoms with van der Waals surface area (Å²) in [6, 6.07) is 0. The van der Waals surface area contributed by atoms with Gasteiger partial charge in [-0.25, -0.2) is 0 Å². The molecule has 6 nitrogen and oxygen atoms in total. The second-order valence-corrected chi connectivity index (χ2v) is 15.3. The zero-order valence-corrected chi connectivity index (χ0v) is 39.3. The van der Waals surface area contributed by atoms with Gasteiger partial charge in [-0.3, -0.25) is 14.4 Å². The molecule has 0 fully saturated rings. The van der Waals surface area contributed by atoms with E-state index in [0.717, 1.165) is 116 Å². The summed E-state index contributed by atoms with van der Waals surface area (Å²) in [6.07, 6.45) is 68.7. The topological polar surface area (TPSA) is 78.9 Å². The van der Waals surface area contributed by atoms with E-state index < -0.39 is 6.10 Å². The zero-order valence-electron chi connectivity index (χ0n) is 39.3. The standard InChI is InChI=1S/C56H86O6/c1-4-7-10-13-16-19-22-25-27-29-31-34-37-40-43-46-49-55(58)61-52-53(51-60-54(57)48-45-42-39-36-33-30-24-21-18-15-12-9-6-3)62-56(59)50-47-44-41-38-35-32-28-26-23-20-17-14-11-8-5-2/h7-12,14-21,23-25,27,31,34,40,43,53H,4-6,13,22,26,28-30,32-33,35-39,41-42,44-52H2,1-3H3/b10-7+,11-8+,12-9+,17-14+,18-15+,19-16+,23-20+,24-21+,27-25+,34-31+,43-40+. The van der Waals surface area contributed by atoms with E-state index in [1.807, 2.05) is 18.2 Å². The Labute approximate surface area is 379 Å². The molecule has 0 N–H and O–H groups in total. The normalized spacial score (nSPS) is 13.3. The first kappa shape index (κ1) is 57.5. The molecule has 6 heteroatoms. The fourth-order valence-electron chi connectivity index (χ4n) is 5.96. The van der Waals surface area contributed by atoms with E-state index in [2.05, 4.69) is 136 Å². The number of unbranched alkanes of at least 4 members (excludes halogenated alkanes) is 12. The molecule has 0 saturated heterocycles. The fourth-order valence-corrected chi connectivity index (χ4v) is 5.96. The first-order valence-electron chi connectivity index (χ1n) is 24.3. The number of carbonyl (C=O) groups is 3. The smallest absolute Gasteiger partial charge is 0.306 e. The van der Waals surface area contributed by atoms with Crippen LogP contribution in [0.25, 0.3) is 0 Å². The molecule has 0 aliphatic heterocycles. The lowest BCUT2D eigenvalue weighted by Crippen LogP contribution is -2.30. The van der Waals surface area contributed by atoms with Crippen LogP contribution >= 0.6 is 0 Å². The average molecular weight is 855 g/mol. The third kappa shape index (κ3) is 46.6. The maximum absolute atomic E-state index is 12.8. The molecule has 0 spiro atoms. The third-order valence-electron chi connectivity index (χ3n) is 9.52. The van der Waals surface area contributed by atoms with Crippen LogP contribution in [0, 0.1) is 0 Å². The van der Waals surface area contributed by atoms with Gasteiger partial charge in [0.05, 0.1) is 0 Å². The van der Waals surface area contributed by atoms with E-state index in [4.69, 9.17) is 14.2 Å². The molecule has 0 amide bonds. The number of hydrogen-bond donors (Lipinski definition) is 0. The first-order chi connectivity index (χ1) is 30.5. The monoisotopic (exact) mass is 855 g/mol. The van der Waals surface area contributed by atoms with Crippen LogP contribution in [0.3, 0.4) is 0 Å². The Morgan fingerprint density at radius 2 is 0.694 bits per heavy atom. The zero-order chi connectivity index (χ0) is 45.1. The van der Waals surface area contributed by atoms with Gasteiger partial charge in [0.2, 0.25) is 0 Å². The van der Waals surface area contributed by atoms with Crippen molar-refractivity contribution in [3.05, 3.63) is 134 Å². The van der Waals surface area contributed by atoms with Gasteiger partial charge in [0, 0.05) is 19.3 Å². The van der Waals surface area contributed by atoms with Crippen LogP contribution in [0.4, 0.5) is 0 Å². The predicted molar refractivity (Wildman–Crippen MR) is 265 cm³/mol. The summed E-state index contributed by atoms with van der Waals surface area (Å²) in [4.78, 5) is 37.9. The summed E-state index contributed by atoms with van der Waals surface area (Å²) in [7, 11) is 0. The van der Waals surface area contributed by atoms with Gasteiger partial charge in [-0.15, -0.1) is 0 Å². The molecule has 1 atom stereocenters. The van der Waals surface area contributed by atoms with Crippen LogP contribution < -0.4 is 0 Å². The molecule has 0 aromatic rings. The van der Waals surface area contributed by atoms with Crippen LogP contribution in [0.1, 0.15) is 181 Å². The van der Waals surface area contributed by atoms with E-state index in [1.54, 1.807) is 0 Å². The average Bonchev–Trinajstić information content (AvgIpc) is 3.27. The largest absolute Gasteiger partial charge is 0.462 e. The second-order valence-electron chi connectivity index (χ2n) is 15.3. The van der Waals surface area contributed by atoms with Crippen molar-refractivity contribution in [1.82, 2.24) is 0 Å². The van der Waals surface area contributed by atoms with Crippen LogP contribution in [0.5, 0.6) is 0 Å². The van der Waals surface area contributed by atoms with Gasteiger partial charge in [-0.2, -0.15) is 0 Å². The number of carbonyl (C=O) groups excluding carboxylic acids is 3. The van der Waals surface area contributed by atoms with Crippen molar-refractivity contribution in [3.63, 3.8) is 0 Å². The number of hydrogen-bond acceptors (Lipinski definition) is 6. The van der Waals surface area contributed by atoms with E-state index in [9.17, 15) is 14.4 Å². The van der Waals surface area contributed by atoms with Crippen LogP contribution in [0.15, 0.2) is 134 Å². The minimum absolute atomic E-state index is 0.122. The molecule has 0 radical (unpaired) electrons. The molecule has 1 unspecified atom stereocenters.